The highest BCUT2D eigenvalue weighted by Crippen LogP contribution is 2.26. The van der Waals surface area contributed by atoms with Crippen LogP contribution in [0.25, 0.3) is 10.2 Å². The third-order valence-electron chi connectivity index (χ3n) is 4.19. The Labute approximate surface area is 181 Å². The lowest BCUT2D eigenvalue weighted by Crippen LogP contribution is -2.14. The van der Waals surface area contributed by atoms with Gasteiger partial charge in [-0.2, -0.15) is 0 Å². The smallest absolute Gasteiger partial charge is 0.236 e. The van der Waals surface area contributed by atoms with Crippen LogP contribution in [0, 0.1) is 6.92 Å². The Morgan fingerprint density at radius 2 is 1.90 bits per heavy atom. The Morgan fingerprint density at radius 3 is 2.69 bits per heavy atom. The largest absolute Gasteiger partial charge is 0.308 e. The summed E-state index contributed by atoms with van der Waals surface area (Å²) in [6.07, 6.45) is 0. The summed E-state index contributed by atoms with van der Waals surface area (Å²) >= 11 is 4.56. The number of hydrogen-bond acceptors (Lipinski definition) is 7. The Morgan fingerprint density at radius 1 is 1.10 bits per heavy atom. The molecule has 6 nitrogen and oxygen atoms in total. The molecule has 0 saturated heterocycles. The summed E-state index contributed by atoms with van der Waals surface area (Å²) in [5.74, 6) is 1.76. The first-order chi connectivity index (χ1) is 14.1. The topological polar surface area (TPSA) is 72.7 Å². The highest BCUT2D eigenvalue weighted by atomic mass is 32.2. The van der Waals surface area contributed by atoms with Crippen LogP contribution in [-0.2, 0) is 17.6 Å². The van der Waals surface area contributed by atoms with Crippen LogP contribution in [0.1, 0.15) is 11.4 Å². The Balaban J connectivity index is 1.31. The molecule has 29 heavy (non-hydrogen) atoms. The van der Waals surface area contributed by atoms with Gasteiger partial charge < -0.3 is 9.88 Å². The van der Waals surface area contributed by atoms with Crippen molar-refractivity contribution in [3.05, 3.63) is 59.9 Å². The second-order valence-corrected chi connectivity index (χ2v) is 9.41. The highest BCUT2D eigenvalue weighted by Gasteiger charge is 2.13. The monoisotopic (exact) mass is 441 g/mol. The number of hydrogen-bond donors (Lipinski definition) is 1. The van der Waals surface area contributed by atoms with E-state index in [4.69, 9.17) is 0 Å². The quantitative estimate of drug-likeness (QED) is 0.417. The lowest BCUT2D eigenvalue weighted by atomic mass is 10.2. The number of benzene rings is 2. The SMILES string of the molecule is Cc1ccc(SCc2nnc(SCC(=O)Nc3nc4ccccc4s3)n2C)cc1. The number of carbonyl (C=O) groups excluding carboxylic acids is 1. The second kappa shape index (κ2) is 8.98. The summed E-state index contributed by atoms with van der Waals surface area (Å²) in [5, 5.41) is 12.7. The minimum atomic E-state index is -0.104. The van der Waals surface area contributed by atoms with Gasteiger partial charge in [0.05, 0.1) is 21.7 Å². The van der Waals surface area contributed by atoms with Gasteiger partial charge in [-0.15, -0.1) is 22.0 Å². The molecule has 0 bridgehead atoms. The molecule has 0 unspecified atom stereocenters. The molecule has 0 aliphatic carbocycles. The number of aryl methyl sites for hydroxylation is 1. The van der Waals surface area contributed by atoms with E-state index < -0.39 is 0 Å². The van der Waals surface area contributed by atoms with Gasteiger partial charge in [-0.3, -0.25) is 4.79 Å². The van der Waals surface area contributed by atoms with Crippen LogP contribution in [-0.4, -0.2) is 31.4 Å². The summed E-state index contributed by atoms with van der Waals surface area (Å²) in [6.45, 7) is 2.08. The van der Waals surface area contributed by atoms with Crippen molar-refractivity contribution in [3.63, 3.8) is 0 Å². The number of thioether (sulfide) groups is 2. The molecule has 2 aromatic heterocycles. The van der Waals surface area contributed by atoms with Gasteiger partial charge in [0.1, 0.15) is 5.82 Å². The van der Waals surface area contributed by atoms with Gasteiger partial charge in [0.2, 0.25) is 5.91 Å². The molecule has 9 heteroatoms. The predicted molar refractivity (Wildman–Crippen MR) is 121 cm³/mol. The van der Waals surface area contributed by atoms with Crippen LogP contribution in [0.3, 0.4) is 0 Å². The van der Waals surface area contributed by atoms with E-state index in [-0.39, 0.29) is 11.7 Å². The third kappa shape index (κ3) is 4.98. The van der Waals surface area contributed by atoms with Crippen molar-refractivity contribution >= 4 is 56.1 Å². The lowest BCUT2D eigenvalue weighted by Gasteiger charge is -2.04. The molecular formula is C20H19N5OS3. The van der Waals surface area contributed by atoms with Crippen molar-refractivity contribution in [2.24, 2.45) is 7.05 Å². The standard InChI is InChI=1S/C20H19N5OS3/c1-13-7-9-14(10-8-13)27-11-17-23-24-20(25(17)2)28-12-18(26)22-19-21-15-5-3-4-6-16(15)29-19/h3-10H,11-12H2,1-2H3,(H,21,22,26). The summed E-state index contributed by atoms with van der Waals surface area (Å²) in [7, 11) is 1.93. The van der Waals surface area contributed by atoms with Gasteiger partial charge in [-0.1, -0.05) is 52.9 Å². The number of thiazole rings is 1. The average molecular weight is 442 g/mol. The zero-order valence-corrected chi connectivity index (χ0v) is 18.4. The zero-order valence-electron chi connectivity index (χ0n) is 16.0. The Bertz CT molecular complexity index is 1100. The summed E-state index contributed by atoms with van der Waals surface area (Å²) < 4.78 is 3.00. The molecule has 0 radical (unpaired) electrons. The van der Waals surface area contributed by atoms with E-state index in [1.807, 2.05) is 35.9 Å². The van der Waals surface area contributed by atoms with Gasteiger partial charge in [0.25, 0.3) is 0 Å². The molecule has 0 atom stereocenters. The van der Waals surface area contributed by atoms with Crippen LogP contribution in [0.2, 0.25) is 0 Å². The second-order valence-electron chi connectivity index (χ2n) is 6.38. The van der Waals surface area contributed by atoms with Crippen LogP contribution >= 0.6 is 34.9 Å². The van der Waals surface area contributed by atoms with Crippen molar-refractivity contribution in [2.75, 3.05) is 11.1 Å². The molecule has 4 aromatic rings. The fourth-order valence-electron chi connectivity index (χ4n) is 2.59. The molecular weight excluding hydrogens is 422 g/mol. The number of carbonyl (C=O) groups is 1. The first-order valence-electron chi connectivity index (χ1n) is 8.94. The molecule has 0 spiro atoms. The minimum absolute atomic E-state index is 0.104. The maximum Gasteiger partial charge on any atom is 0.236 e. The van der Waals surface area contributed by atoms with E-state index in [0.29, 0.717) is 5.13 Å². The van der Waals surface area contributed by atoms with Gasteiger partial charge in [-0.05, 0) is 31.2 Å². The first kappa shape index (κ1) is 19.9. The molecule has 0 aliphatic heterocycles. The Kier molecular flexibility index (Phi) is 6.17. The zero-order chi connectivity index (χ0) is 20.2. The van der Waals surface area contributed by atoms with Gasteiger partial charge in [0, 0.05) is 11.9 Å². The van der Waals surface area contributed by atoms with Crippen molar-refractivity contribution in [3.8, 4) is 0 Å². The number of nitrogens with zero attached hydrogens (tertiary/aromatic N) is 4. The molecule has 0 fully saturated rings. The van der Waals surface area contributed by atoms with Crippen LogP contribution in [0.4, 0.5) is 5.13 Å². The van der Waals surface area contributed by atoms with Crippen molar-refractivity contribution < 1.29 is 4.79 Å². The van der Waals surface area contributed by atoms with Crippen molar-refractivity contribution in [2.45, 2.75) is 22.7 Å². The fourth-order valence-corrected chi connectivity index (χ4v) is 5.08. The van der Waals surface area contributed by atoms with Crippen LogP contribution < -0.4 is 5.32 Å². The third-order valence-corrected chi connectivity index (χ3v) is 7.17. The predicted octanol–water partition coefficient (Wildman–Crippen LogP) is 4.76. The maximum atomic E-state index is 12.3. The molecule has 4 rings (SSSR count). The van der Waals surface area contributed by atoms with E-state index in [1.54, 1.807) is 11.8 Å². The number of anilines is 1. The molecule has 148 valence electrons. The van der Waals surface area contributed by atoms with Crippen molar-refractivity contribution in [1.29, 1.82) is 0 Å². The van der Waals surface area contributed by atoms with Gasteiger partial charge >= 0.3 is 0 Å². The average Bonchev–Trinajstić information content (AvgIpc) is 3.28. The molecule has 1 amide bonds. The first-order valence-corrected chi connectivity index (χ1v) is 11.7. The summed E-state index contributed by atoms with van der Waals surface area (Å²) in [4.78, 5) is 17.9. The Hall–Kier alpha value is -2.36. The number of amides is 1. The normalized spacial score (nSPS) is 11.1. The van der Waals surface area contributed by atoms with Crippen LogP contribution in [0.15, 0.2) is 58.6 Å². The van der Waals surface area contributed by atoms with E-state index in [9.17, 15) is 4.79 Å². The van der Waals surface area contributed by atoms with E-state index in [2.05, 4.69) is 51.7 Å². The van der Waals surface area contributed by atoms with Crippen LogP contribution in [0.5, 0.6) is 0 Å². The number of para-hydroxylation sites is 1. The molecule has 1 N–H and O–H groups in total. The maximum absolute atomic E-state index is 12.3. The summed E-state index contributed by atoms with van der Waals surface area (Å²) in [6, 6.07) is 16.3. The number of rotatable bonds is 7. The van der Waals surface area contributed by atoms with E-state index >= 15 is 0 Å². The van der Waals surface area contributed by atoms with E-state index in [0.717, 1.165) is 27.0 Å². The van der Waals surface area contributed by atoms with Crippen molar-refractivity contribution in [1.82, 2.24) is 19.7 Å². The number of aromatic nitrogens is 4. The lowest BCUT2D eigenvalue weighted by molar-refractivity contribution is -0.113. The van der Waals surface area contributed by atoms with Gasteiger partial charge in [-0.25, -0.2) is 4.98 Å². The highest BCUT2D eigenvalue weighted by molar-refractivity contribution is 7.99. The molecule has 2 heterocycles. The number of nitrogens with one attached hydrogen (secondary N) is 1. The molecule has 0 aliphatic rings. The van der Waals surface area contributed by atoms with Gasteiger partial charge in [0.15, 0.2) is 10.3 Å². The van der Waals surface area contributed by atoms with E-state index in [1.165, 1.54) is 33.6 Å². The number of fused-ring (bicyclic) bond motifs is 1. The fraction of sp³-hybridized carbons (Fsp3) is 0.200. The molecule has 0 saturated carbocycles. The minimum Gasteiger partial charge on any atom is -0.308 e. The summed E-state index contributed by atoms with van der Waals surface area (Å²) in [5.41, 5.74) is 2.14. The molecule has 2 aromatic carbocycles.